The number of hydrogen-bond acceptors (Lipinski definition) is 2. The first-order valence-corrected chi connectivity index (χ1v) is 6.42. The van der Waals surface area contributed by atoms with Crippen LogP contribution in [-0.2, 0) is 10.0 Å². The van der Waals surface area contributed by atoms with Gasteiger partial charge in [-0.2, -0.15) is 0 Å². The van der Waals surface area contributed by atoms with Crippen molar-refractivity contribution in [1.29, 1.82) is 0 Å². The monoisotopic (exact) mass is 231 g/mol. The molecule has 1 aromatic carbocycles. The summed E-state index contributed by atoms with van der Waals surface area (Å²) in [5, 5.41) is 0. The Kier molecular flexibility index (Phi) is 3.46. The van der Waals surface area contributed by atoms with Crippen molar-refractivity contribution in [1.82, 2.24) is 4.72 Å². The van der Waals surface area contributed by atoms with Crippen LogP contribution in [0.3, 0.4) is 0 Å². The van der Waals surface area contributed by atoms with Crippen LogP contribution >= 0.6 is 0 Å². The Morgan fingerprint density at radius 2 is 2.00 bits per heavy atom. The molecule has 1 aromatic rings. The minimum absolute atomic E-state index is 0.324. The lowest BCUT2D eigenvalue weighted by molar-refractivity contribution is 0.570. The fraction of sp³-hybridized carbons (Fsp3) is 0.400. The van der Waals surface area contributed by atoms with Gasteiger partial charge < -0.3 is 0 Å². The largest absolute Gasteiger partial charge is 0.213 e. The van der Waals surface area contributed by atoms with E-state index in [0.29, 0.717) is 11.1 Å². The third-order valence-electron chi connectivity index (χ3n) is 2.09. The SMILES string of the molecule is Cc1ccc(C(C)NS(C)(=O)=O)cc1F. The highest BCUT2D eigenvalue weighted by Gasteiger charge is 2.11. The minimum Gasteiger partial charge on any atom is -0.213 e. The third-order valence-corrected chi connectivity index (χ3v) is 2.87. The first kappa shape index (κ1) is 12.1. The van der Waals surface area contributed by atoms with Gasteiger partial charge in [0.25, 0.3) is 0 Å². The van der Waals surface area contributed by atoms with Gasteiger partial charge in [0.1, 0.15) is 5.82 Å². The van der Waals surface area contributed by atoms with E-state index in [4.69, 9.17) is 0 Å². The Hall–Kier alpha value is -0.940. The van der Waals surface area contributed by atoms with Crippen LogP contribution in [0.1, 0.15) is 24.1 Å². The zero-order valence-electron chi connectivity index (χ0n) is 8.91. The molecule has 0 aliphatic rings. The maximum absolute atomic E-state index is 13.2. The van der Waals surface area contributed by atoms with Crippen LogP contribution in [0.25, 0.3) is 0 Å². The molecule has 0 spiro atoms. The van der Waals surface area contributed by atoms with E-state index in [0.717, 1.165) is 6.26 Å². The molecule has 5 heteroatoms. The molecule has 15 heavy (non-hydrogen) atoms. The van der Waals surface area contributed by atoms with Gasteiger partial charge in [0.2, 0.25) is 10.0 Å². The van der Waals surface area contributed by atoms with Gasteiger partial charge in [0.15, 0.2) is 0 Å². The topological polar surface area (TPSA) is 46.2 Å². The van der Waals surface area contributed by atoms with Crippen LogP contribution in [0.2, 0.25) is 0 Å². The number of rotatable bonds is 3. The van der Waals surface area contributed by atoms with E-state index in [1.807, 2.05) is 0 Å². The van der Waals surface area contributed by atoms with Crippen molar-refractivity contribution in [3.05, 3.63) is 35.1 Å². The molecule has 1 rings (SSSR count). The summed E-state index contributed by atoms with van der Waals surface area (Å²) in [6.45, 7) is 3.33. The number of halogens is 1. The highest BCUT2D eigenvalue weighted by atomic mass is 32.2. The van der Waals surface area contributed by atoms with E-state index in [2.05, 4.69) is 4.72 Å². The minimum atomic E-state index is -3.27. The van der Waals surface area contributed by atoms with E-state index in [1.165, 1.54) is 6.07 Å². The molecule has 0 aromatic heterocycles. The van der Waals surface area contributed by atoms with E-state index in [1.54, 1.807) is 26.0 Å². The van der Waals surface area contributed by atoms with E-state index in [9.17, 15) is 12.8 Å². The average Bonchev–Trinajstić information content (AvgIpc) is 2.06. The summed E-state index contributed by atoms with van der Waals surface area (Å²) in [7, 11) is -3.27. The molecule has 0 saturated carbocycles. The highest BCUT2D eigenvalue weighted by molar-refractivity contribution is 7.88. The molecular weight excluding hydrogens is 217 g/mol. The van der Waals surface area contributed by atoms with Crippen LogP contribution < -0.4 is 4.72 Å². The van der Waals surface area contributed by atoms with Crippen LogP contribution in [0.15, 0.2) is 18.2 Å². The smallest absolute Gasteiger partial charge is 0.209 e. The van der Waals surface area contributed by atoms with Crippen LogP contribution in [0.5, 0.6) is 0 Å². The Morgan fingerprint density at radius 3 is 2.47 bits per heavy atom. The molecule has 1 unspecified atom stereocenters. The van der Waals surface area contributed by atoms with Crippen molar-refractivity contribution in [3.8, 4) is 0 Å². The fourth-order valence-electron chi connectivity index (χ4n) is 1.27. The lowest BCUT2D eigenvalue weighted by atomic mass is 10.1. The second kappa shape index (κ2) is 4.28. The second-order valence-electron chi connectivity index (χ2n) is 3.62. The van der Waals surface area contributed by atoms with Crippen molar-refractivity contribution in [2.45, 2.75) is 19.9 Å². The van der Waals surface area contributed by atoms with Crippen molar-refractivity contribution in [2.24, 2.45) is 0 Å². The quantitative estimate of drug-likeness (QED) is 0.861. The van der Waals surface area contributed by atoms with E-state index >= 15 is 0 Å². The molecule has 0 aliphatic heterocycles. The van der Waals surface area contributed by atoms with E-state index < -0.39 is 16.1 Å². The zero-order valence-corrected chi connectivity index (χ0v) is 9.73. The molecule has 0 heterocycles. The lowest BCUT2D eigenvalue weighted by Gasteiger charge is -2.13. The fourth-order valence-corrected chi connectivity index (χ4v) is 2.05. The summed E-state index contributed by atoms with van der Waals surface area (Å²) in [4.78, 5) is 0. The van der Waals surface area contributed by atoms with Crippen LogP contribution in [0, 0.1) is 12.7 Å². The maximum Gasteiger partial charge on any atom is 0.209 e. The van der Waals surface area contributed by atoms with Crippen molar-refractivity contribution < 1.29 is 12.8 Å². The summed E-state index contributed by atoms with van der Waals surface area (Å²) in [6, 6.07) is 4.26. The maximum atomic E-state index is 13.2. The molecule has 0 bridgehead atoms. The average molecular weight is 231 g/mol. The molecule has 0 saturated heterocycles. The van der Waals surface area contributed by atoms with Gasteiger partial charge in [-0.05, 0) is 31.0 Å². The predicted octanol–water partition coefficient (Wildman–Crippen LogP) is 1.74. The standard InChI is InChI=1S/C10H14FNO2S/c1-7-4-5-9(6-10(7)11)8(2)12-15(3,13)14/h4-6,8,12H,1-3H3. The summed E-state index contributed by atoms with van der Waals surface area (Å²) in [6.07, 6.45) is 1.08. The van der Waals surface area contributed by atoms with Crippen molar-refractivity contribution in [3.63, 3.8) is 0 Å². The first-order valence-electron chi connectivity index (χ1n) is 4.53. The Balaban J connectivity index is 2.92. The number of sulfonamides is 1. The van der Waals surface area contributed by atoms with E-state index in [-0.39, 0.29) is 5.82 Å². The molecule has 0 aliphatic carbocycles. The first-order chi connectivity index (χ1) is 6.79. The number of aryl methyl sites for hydroxylation is 1. The van der Waals surface area contributed by atoms with Crippen LogP contribution in [0.4, 0.5) is 4.39 Å². The molecule has 0 radical (unpaired) electrons. The Morgan fingerprint density at radius 1 is 1.40 bits per heavy atom. The second-order valence-corrected chi connectivity index (χ2v) is 5.40. The molecule has 3 nitrogen and oxygen atoms in total. The van der Waals surface area contributed by atoms with Gasteiger partial charge in [0.05, 0.1) is 6.26 Å². The van der Waals surface area contributed by atoms with Crippen LogP contribution in [-0.4, -0.2) is 14.7 Å². The lowest BCUT2D eigenvalue weighted by Crippen LogP contribution is -2.25. The normalized spacial score (nSPS) is 13.9. The molecule has 0 fully saturated rings. The molecule has 1 N–H and O–H groups in total. The summed E-state index contributed by atoms with van der Waals surface area (Å²) in [5.74, 6) is -0.324. The molecular formula is C10H14FNO2S. The Labute approximate surface area is 89.4 Å². The zero-order chi connectivity index (χ0) is 11.6. The van der Waals surface area contributed by atoms with Gasteiger partial charge in [-0.1, -0.05) is 12.1 Å². The molecule has 84 valence electrons. The number of nitrogens with one attached hydrogen (secondary N) is 1. The third kappa shape index (κ3) is 3.60. The summed E-state index contributed by atoms with van der Waals surface area (Å²) in [5.41, 5.74) is 1.16. The predicted molar refractivity (Wildman–Crippen MR) is 57.5 cm³/mol. The summed E-state index contributed by atoms with van der Waals surface area (Å²) >= 11 is 0. The molecule has 0 amide bonds. The number of benzene rings is 1. The molecule has 1 atom stereocenters. The van der Waals surface area contributed by atoms with Crippen molar-refractivity contribution >= 4 is 10.0 Å². The van der Waals surface area contributed by atoms with Gasteiger partial charge in [0, 0.05) is 6.04 Å². The summed E-state index contributed by atoms with van der Waals surface area (Å²) < 4.78 is 37.5. The van der Waals surface area contributed by atoms with Gasteiger partial charge >= 0.3 is 0 Å². The van der Waals surface area contributed by atoms with Gasteiger partial charge in [-0.3, -0.25) is 0 Å². The highest BCUT2D eigenvalue weighted by Crippen LogP contribution is 2.16. The van der Waals surface area contributed by atoms with Gasteiger partial charge in [-0.15, -0.1) is 0 Å². The Bertz CT molecular complexity index is 456. The number of hydrogen-bond donors (Lipinski definition) is 1. The van der Waals surface area contributed by atoms with Gasteiger partial charge in [-0.25, -0.2) is 17.5 Å². The van der Waals surface area contributed by atoms with Crippen molar-refractivity contribution in [2.75, 3.05) is 6.26 Å².